The molecule has 0 spiro atoms. The Morgan fingerprint density at radius 3 is 2.30 bits per heavy atom. The molecule has 4 aromatic rings. The van der Waals surface area contributed by atoms with Gasteiger partial charge in [0.25, 0.3) is 10.0 Å². The number of sulfonamides is 1. The number of hydrogen-bond acceptors (Lipinski definition) is 2. The van der Waals surface area contributed by atoms with Gasteiger partial charge in [-0.05, 0) is 53.8 Å². The largest absolute Gasteiger partial charge is 0.361 e. The summed E-state index contributed by atoms with van der Waals surface area (Å²) in [6, 6.07) is 20.9. The minimum atomic E-state index is -3.67. The normalized spacial score (nSPS) is 12.3. The monoisotopic (exact) mass is 418 g/mol. The summed E-state index contributed by atoms with van der Waals surface area (Å²) in [6.45, 7) is 8.37. The zero-order valence-corrected chi connectivity index (χ0v) is 18.5. The van der Waals surface area contributed by atoms with Crippen molar-refractivity contribution in [3.63, 3.8) is 0 Å². The Bertz CT molecular complexity index is 1310. The highest BCUT2D eigenvalue weighted by Crippen LogP contribution is 2.32. The van der Waals surface area contributed by atoms with E-state index in [1.807, 2.05) is 36.5 Å². The summed E-state index contributed by atoms with van der Waals surface area (Å²) >= 11 is 0. The number of anilines is 1. The second-order valence-electron chi connectivity index (χ2n) is 8.71. The summed E-state index contributed by atoms with van der Waals surface area (Å²) in [4.78, 5) is 3.52. The van der Waals surface area contributed by atoms with E-state index in [-0.39, 0.29) is 10.3 Å². The van der Waals surface area contributed by atoms with E-state index in [1.54, 1.807) is 18.2 Å². The molecule has 154 valence electrons. The molecule has 0 bridgehead atoms. The van der Waals surface area contributed by atoms with Crippen molar-refractivity contribution in [2.24, 2.45) is 0 Å². The topological polar surface area (TPSA) is 62.0 Å². The minimum Gasteiger partial charge on any atom is -0.361 e. The number of aromatic amines is 1. The number of benzene rings is 3. The van der Waals surface area contributed by atoms with Gasteiger partial charge in [0.2, 0.25) is 0 Å². The first kappa shape index (κ1) is 20.2. The number of fused-ring (bicyclic) bond motifs is 1. The van der Waals surface area contributed by atoms with E-state index in [4.69, 9.17) is 0 Å². The number of aryl methyl sites for hydroxylation is 1. The van der Waals surface area contributed by atoms with E-state index in [1.165, 1.54) is 5.56 Å². The molecule has 0 unspecified atom stereocenters. The molecular weight excluding hydrogens is 392 g/mol. The molecule has 1 heterocycles. The maximum Gasteiger partial charge on any atom is 0.261 e. The number of aromatic nitrogens is 1. The van der Waals surface area contributed by atoms with Crippen LogP contribution >= 0.6 is 0 Å². The van der Waals surface area contributed by atoms with Crippen molar-refractivity contribution in [3.8, 4) is 11.1 Å². The van der Waals surface area contributed by atoms with Crippen molar-refractivity contribution >= 4 is 26.6 Å². The van der Waals surface area contributed by atoms with Crippen molar-refractivity contribution in [1.29, 1.82) is 0 Å². The van der Waals surface area contributed by atoms with Crippen LogP contribution in [0, 0.1) is 6.92 Å². The second-order valence-corrected chi connectivity index (χ2v) is 10.4. The van der Waals surface area contributed by atoms with E-state index < -0.39 is 10.0 Å². The van der Waals surface area contributed by atoms with E-state index in [9.17, 15) is 8.42 Å². The molecular formula is C25H26N2O2S. The first-order chi connectivity index (χ1) is 14.1. The third-order valence-electron chi connectivity index (χ3n) is 5.29. The summed E-state index contributed by atoms with van der Waals surface area (Å²) in [6.07, 6.45) is 1.96. The third-order valence-corrected chi connectivity index (χ3v) is 6.69. The number of hydrogen-bond donors (Lipinski definition) is 2. The van der Waals surface area contributed by atoms with Gasteiger partial charge < -0.3 is 4.98 Å². The van der Waals surface area contributed by atoms with Crippen LogP contribution in [0.4, 0.5) is 5.69 Å². The quantitative estimate of drug-likeness (QED) is 0.412. The van der Waals surface area contributed by atoms with Crippen molar-refractivity contribution in [2.45, 2.75) is 38.0 Å². The van der Waals surface area contributed by atoms with Crippen molar-refractivity contribution in [2.75, 3.05) is 4.72 Å². The Hall–Kier alpha value is -3.05. The van der Waals surface area contributed by atoms with E-state index in [0.717, 1.165) is 27.6 Å². The predicted molar refractivity (Wildman–Crippen MR) is 124 cm³/mol. The molecule has 5 heteroatoms. The molecule has 1 aromatic heterocycles. The molecule has 4 rings (SSSR count). The standard InChI is InChI=1S/C25H26N2O2S/c1-17-6-5-7-18(14-17)23-16-26-24-13-10-20(15-22(23)24)27-30(28,29)21-11-8-19(9-12-21)25(2,3)4/h5-16,26-27H,1-4H3. The van der Waals surface area contributed by atoms with Gasteiger partial charge in [0.15, 0.2) is 0 Å². The molecule has 2 N–H and O–H groups in total. The second kappa shape index (κ2) is 7.33. The van der Waals surface area contributed by atoms with Crippen LogP contribution in [0.15, 0.2) is 77.8 Å². The van der Waals surface area contributed by atoms with Gasteiger partial charge in [-0.2, -0.15) is 0 Å². The number of H-pyrrole nitrogens is 1. The smallest absolute Gasteiger partial charge is 0.261 e. The lowest BCUT2D eigenvalue weighted by atomic mass is 9.87. The molecule has 0 fully saturated rings. The van der Waals surface area contributed by atoms with E-state index in [2.05, 4.69) is 55.6 Å². The van der Waals surface area contributed by atoms with Crippen LogP contribution in [-0.4, -0.2) is 13.4 Å². The molecule has 0 saturated heterocycles. The van der Waals surface area contributed by atoms with Crippen molar-refractivity contribution in [3.05, 3.63) is 84.1 Å². The molecule has 30 heavy (non-hydrogen) atoms. The van der Waals surface area contributed by atoms with E-state index in [0.29, 0.717) is 5.69 Å². The molecule has 0 aliphatic carbocycles. The van der Waals surface area contributed by atoms with Gasteiger partial charge >= 0.3 is 0 Å². The lowest BCUT2D eigenvalue weighted by Crippen LogP contribution is -2.14. The molecule has 4 nitrogen and oxygen atoms in total. The summed E-state index contributed by atoms with van der Waals surface area (Å²) in [5, 5.41) is 0.976. The molecule has 0 saturated carbocycles. The third kappa shape index (κ3) is 3.98. The van der Waals surface area contributed by atoms with Gasteiger partial charge in [-0.1, -0.05) is 62.7 Å². The highest BCUT2D eigenvalue weighted by atomic mass is 32.2. The summed E-state index contributed by atoms with van der Waals surface area (Å²) in [7, 11) is -3.67. The Kier molecular flexibility index (Phi) is 4.94. The van der Waals surface area contributed by atoms with Crippen LogP contribution < -0.4 is 4.72 Å². The fourth-order valence-corrected chi connectivity index (χ4v) is 4.63. The van der Waals surface area contributed by atoms with Crippen LogP contribution in [0.5, 0.6) is 0 Å². The molecule has 0 radical (unpaired) electrons. The zero-order chi connectivity index (χ0) is 21.5. The molecule has 0 aliphatic rings. The van der Waals surface area contributed by atoms with Gasteiger partial charge in [-0.25, -0.2) is 8.42 Å². The van der Waals surface area contributed by atoms with Crippen LogP contribution in [0.2, 0.25) is 0 Å². The average Bonchev–Trinajstić information content (AvgIpc) is 3.10. The minimum absolute atomic E-state index is 0.0266. The van der Waals surface area contributed by atoms with Gasteiger partial charge in [-0.15, -0.1) is 0 Å². The summed E-state index contributed by atoms with van der Waals surface area (Å²) in [5.74, 6) is 0. The predicted octanol–water partition coefficient (Wildman–Crippen LogP) is 6.24. The Balaban J connectivity index is 1.67. The van der Waals surface area contributed by atoms with Gasteiger partial charge in [-0.3, -0.25) is 4.72 Å². The molecule has 3 aromatic carbocycles. The highest BCUT2D eigenvalue weighted by molar-refractivity contribution is 7.92. The summed E-state index contributed by atoms with van der Waals surface area (Å²) < 4.78 is 28.6. The van der Waals surface area contributed by atoms with Crippen LogP contribution in [-0.2, 0) is 15.4 Å². The lowest BCUT2D eigenvalue weighted by molar-refractivity contribution is 0.587. The van der Waals surface area contributed by atoms with Gasteiger partial charge in [0, 0.05) is 28.4 Å². The maximum absolute atomic E-state index is 12.9. The zero-order valence-electron chi connectivity index (χ0n) is 17.7. The molecule has 0 amide bonds. The van der Waals surface area contributed by atoms with Crippen LogP contribution in [0.25, 0.3) is 22.0 Å². The number of rotatable bonds is 4. The van der Waals surface area contributed by atoms with Crippen LogP contribution in [0.3, 0.4) is 0 Å². The SMILES string of the molecule is Cc1cccc(-c2c[nH]c3ccc(NS(=O)(=O)c4ccc(C(C)(C)C)cc4)cc23)c1. The molecule has 0 atom stereocenters. The van der Waals surface area contributed by atoms with Crippen LogP contribution in [0.1, 0.15) is 31.9 Å². The Labute approximate surface area is 178 Å². The van der Waals surface area contributed by atoms with E-state index >= 15 is 0 Å². The fourth-order valence-electron chi connectivity index (χ4n) is 3.58. The van der Waals surface area contributed by atoms with Gasteiger partial charge in [0.05, 0.1) is 4.90 Å². The van der Waals surface area contributed by atoms with Crippen molar-refractivity contribution < 1.29 is 8.42 Å². The lowest BCUT2D eigenvalue weighted by Gasteiger charge is -2.19. The van der Waals surface area contributed by atoms with Gasteiger partial charge in [0.1, 0.15) is 0 Å². The number of nitrogens with one attached hydrogen (secondary N) is 2. The summed E-state index contributed by atoms with van der Waals surface area (Å²) in [5.41, 5.74) is 5.89. The van der Waals surface area contributed by atoms with Crippen molar-refractivity contribution in [1.82, 2.24) is 4.98 Å². The fraction of sp³-hybridized carbons (Fsp3) is 0.200. The average molecular weight is 419 g/mol. The Morgan fingerprint density at radius 1 is 0.900 bits per heavy atom. The maximum atomic E-state index is 12.9. The first-order valence-corrected chi connectivity index (χ1v) is 11.4. The molecule has 0 aliphatic heterocycles. The first-order valence-electron chi connectivity index (χ1n) is 9.95. The highest BCUT2D eigenvalue weighted by Gasteiger charge is 2.18. The Morgan fingerprint density at radius 2 is 1.63 bits per heavy atom.